The monoisotopic (exact) mass is 545 g/mol. The summed E-state index contributed by atoms with van der Waals surface area (Å²) in [4.78, 5) is 3.71. The van der Waals surface area contributed by atoms with Crippen molar-refractivity contribution in [2.45, 2.75) is 11.4 Å². The van der Waals surface area contributed by atoms with Crippen LogP contribution in [-0.4, -0.2) is 33.7 Å². The molecule has 0 aliphatic heterocycles. The third-order valence-electron chi connectivity index (χ3n) is 3.52. The molecule has 0 aliphatic rings. The minimum Gasteiger partial charge on any atom is -0.355 e. The zero-order chi connectivity index (χ0) is 19.2. The first-order chi connectivity index (χ1) is 12.3. The molecule has 27 heavy (non-hydrogen) atoms. The lowest BCUT2D eigenvalue weighted by Gasteiger charge is -2.13. The van der Waals surface area contributed by atoms with E-state index in [1.54, 1.807) is 25.2 Å². The standard InChI is InChI=1S/C17H18Cl2FN3O2S.HI/c1-21-17(23-11-12-6-7-13(18)10-14(12)19)22-8-9-26(24,25)16-5-3-2-4-15(16)20;/h2-7,10H,8-9,11H2,1H3,(H2,21,22,23);1H. The Labute approximate surface area is 185 Å². The molecule has 2 aromatic rings. The van der Waals surface area contributed by atoms with Crippen molar-refractivity contribution >= 4 is 63.0 Å². The second-order valence-corrected chi connectivity index (χ2v) is 8.26. The lowest BCUT2D eigenvalue weighted by Crippen LogP contribution is -2.39. The molecule has 2 rings (SSSR count). The number of nitrogens with one attached hydrogen (secondary N) is 2. The first-order valence-electron chi connectivity index (χ1n) is 7.69. The van der Waals surface area contributed by atoms with E-state index in [0.717, 1.165) is 11.6 Å². The van der Waals surface area contributed by atoms with E-state index in [0.29, 0.717) is 22.5 Å². The van der Waals surface area contributed by atoms with Crippen LogP contribution in [0.15, 0.2) is 52.4 Å². The quantitative estimate of drug-likeness (QED) is 0.328. The summed E-state index contributed by atoms with van der Waals surface area (Å²) in [7, 11) is -2.17. The maximum Gasteiger partial charge on any atom is 0.191 e. The minimum absolute atomic E-state index is 0. The molecule has 0 saturated heterocycles. The molecule has 5 nitrogen and oxygen atoms in total. The smallest absolute Gasteiger partial charge is 0.191 e. The molecule has 0 aliphatic carbocycles. The molecule has 0 aromatic heterocycles. The normalized spacial score (nSPS) is 11.6. The van der Waals surface area contributed by atoms with Gasteiger partial charge in [-0.05, 0) is 29.8 Å². The van der Waals surface area contributed by atoms with Crippen molar-refractivity contribution in [3.8, 4) is 0 Å². The Morgan fingerprint density at radius 3 is 2.48 bits per heavy atom. The van der Waals surface area contributed by atoms with Crippen LogP contribution in [0.1, 0.15) is 5.56 Å². The second-order valence-electron chi connectivity index (χ2n) is 5.34. The van der Waals surface area contributed by atoms with E-state index >= 15 is 0 Å². The van der Waals surface area contributed by atoms with Gasteiger partial charge in [0.2, 0.25) is 0 Å². The number of guanidine groups is 1. The van der Waals surface area contributed by atoms with Gasteiger partial charge in [-0.3, -0.25) is 4.99 Å². The fraction of sp³-hybridized carbons (Fsp3) is 0.235. The molecule has 10 heteroatoms. The van der Waals surface area contributed by atoms with Gasteiger partial charge in [0.05, 0.1) is 5.75 Å². The number of hydrogen-bond donors (Lipinski definition) is 2. The highest BCUT2D eigenvalue weighted by Crippen LogP contribution is 2.20. The molecule has 0 amide bonds. The first-order valence-corrected chi connectivity index (χ1v) is 10.1. The Bertz CT molecular complexity index is 911. The maximum atomic E-state index is 13.7. The summed E-state index contributed by atoms with van der Waals surface area (Å²) in [5.74, 6) is -0.622. The van der Waals surface area contributed by atoms with Crippen LogP contribution in [0.3, 0.4) is 0 Å². The summed E-state index contributed by atoms with van der Waals surface area (Å²) in [6.07, 6.45) is 0. The highest BCUT2D eigenvalue weighted by molar-refractivity contribution is 14.0. The van der Waals surface area contributed by atoms with Gasteiger partial charge < -0.3 is 10.6 Å². The molecule has 0 saturated carbocycles. The average molecular weight is 546 g/mol. The number of rotatable bonds is 6. The minimum atomic E-state index is -3.73. The summed E-state index contributed by atoms with van der Waals surface area (Å²) in [5.41, 5.74) is 0.818. The van der Waals surface area contributed by atoms with Gasteiger partial charge in [0, 0.05) is 30.2 Å². The fourth-order valence-corrected chi connectivity index (χ4v) is 3.89. The summed E-state index contributed by atoms with van der Waals surface area (Å²) < 4.78 is 38.1. The van der Waals surface area contributed by atoms with Crippen molar-refractivity contribution < 1.29 is 12.8 Å². The lowest BCUT2D eigenvalue weighted by molar-refractivity contribution is 0.566. The Balaban J connectivity index is 0.00000364. The Morgan fingerprint density at radius 1 is 1.15 bits per heavy atom. The van der Waals surface area contributed by atoms with Crippen molar-refractivity contribution in [3.63, 3.8) is 0 Å². The van der Waals surface area contributed by atoms with Gasteiger partial charge in [-0.15, -0.1) is 24.0 Å². The Morgan fingerprint density at radius 2 is 1.85 bits per heavy atom. The summed E-state index contributed by atoms with van der Waals surface area (Å²) in [6, 6.07) is 10.4. The van der Waals surface area contributed by atoms with Gasteiger partial charge in [-0.25, -0.2) is 12.8 Å². The van der Waals surface area contributed by atoms with Crippen LogP contribution in [0.4, 0.5) is 4.39 Å². The van der Waals surface area contributed by atoms with Crippen molar-refractivity contribution in [1.29, 1.82) is 0 Å². The van der Waals surface area contributed by atoms with E-state index in [9.17, 15) is 12.8 Å². The molecule has 0 heterocycles. The number of aliphatic imine (C=N–C) groups is 1. The number of halogens is 4. The van der Waals surface area contributed by atoms with Crippen LogP contribution in [0.25, 0.3) is 0 Å². The molecular formula is C17H19Cl2FIN3O2S. The van der Waals surface area contributed by atoms with Crippen LogP contribution >= 0.6 is 47.2 Å². The molecule has 0 radical (unpaired) electrons. The summed E-state index contributed by atoms with van der Waals surface area (Å²) in [5, 5.41) is 6.97. The predicted octanol–water partition coefficient (Wildman–Crippen LogP) is 3.89. The largest absolute Gasteiger partial charge is 0.355 e. The zero-order valence-electron chi connectivity index (χ0n) is 14.4. The summed E-state index contributed by atoms with van der Waals surface area (Å²) in [6.45, 7) is 0.459. The third-order valence-corrected chi connectivity index (χ3v) is 5.85. The Kier molecular flexibility index (Phi) is 9.78. The van der Waals surface area contributed by atoms with Crippen molar-refractivity contribution in [2.75, 3.05) is 19.3 Å². The third kappa shape index (κ3) is 7.10. The van der Waals surface area contributed by atoms with E-state index in [1.807, 2.05) is 0 Å². The van der Waals surface area contributed by atoms with E-state index in [4.69, 9.17) is 23.2 Å². The van der Waals surface area contributed by atoms with E-state index < -0.39 is 15.7 Å². The Hall–Kier alpha value is -1.10. The molecule has 2 aromatic carbocycles. The van der Waals surface area contributed by atoms with Gasteiger partial charge in [0.15, 0.2) is 15.8 Å². The van der Waals surface area contributed by atoms with Gasteiger partial charge in [-0.1, -0.05) is 41.4 Å². The molecular weight excluding hydrogens is 527 g/mol. The van der Waals surface area contributed by atoms with E-state index in [-0.39, 0.29) is 41.2 Å². The van der Waals surface area contributed by atoms with Crippen LogP contribution in [0.5, 0.6) is 0 Å². The topological polar surface area (TPSA) is 70.6 Å². The van der Waals surface area contributed by atoms with Crippen LogP contribution in [0, 0.1) is 5.82 Å². The van der Waals surface area contributed by atoms with Crippen molar-refractivity contribution in [2.24, 2.45) is 4.99 Å². The van der Waals surface area contributed by atoms with Gasteiger partial charge in [-0.2, -0.15) is 0 Å². The summed E-state index contributed by atoms with van der Waals surface area (Å²) >= 11 is 12.0. The number of hydrogen-bond acceptors (Lipinski definition) is 3. The SMILES string of the molecule is CN=C(NCCS(=O)(=O)c1ccccc1F)NCc1ccc(Cl)cc1Cl.I. The predicted molar refractivity (Wildman–Crippen MR) is 119 cm³/mol. The van der Waals surface area contributed by atoms with E-state index in [1.165, 1.54) is 18.2 Å². The zero-order valence-corrected chi connectivity index (χ0v) is 19.0. The second kappa shape index (κ2) is 11.0. The molecule has 0 unspecified atom stereocenters. The van der Waals surface area contributed by atoms with Gasteiger partial charge in [0.25, 0.3) is 0 Å². The van der Waals surface area contributed by atoms with Crippen LogP contribution in [0.2, 0.25) is 10.0 Å². The van der Waals surface area contributed by atoms with Crippen molar-refractivity contribution in [1.82, 2.24) is 10.6 Å². The number of sulfone groups is 1. The molecule has 0 atom stereocenters. The first kappa shape index (κ1) is 23.9. The fourth-order valence-electron chi connectivity index (χ4n) is 2.18. The molecule has 2 N–H and O–H groups in total. The highest BCUT2D eigenvalue weighted by atomic mass is 127. The number of nitrogens with zero attached hydrogens (tertiary/aromatic N) is 1. The van der Waals surface area contributed by atoms with Crippen LogP contribution in [-0.2, 0) is 16.4 Å². The number of benzene rings is 2. The molecule has 0 fully saturated rings. The molecule has 0 bridgehead atoms. The lowest BCUT2D eigenvalue weighted by atomic mass is 10.2. The molecule has 0 spiro atoms. The highest BCUT2D eigenvalue weighted by Gasteiger charge is 2.18. The van der Waals surface area contributed by atoms with E-state index in [2.05, 4.69) is 15.6 Å². The van der Waals surface area contributed by atoms with Crippen molar-refractivity contribution in [3.05, 3.63) is 63.9 Å². The van der Waals surface area contributed by atoms with Crippen LogP contribution < -0.4 is 10.6 Å². The average Bonchev–Trinajstić information content (AvgIpc) is 2.59. The molecule has 148 valence electrons. The maximum absolute atomic E-state index is 13.7. The van der Waals surface area contributed by atoms with Gasteiger partial charge >= 0.3 is 0 Å². The van der Waals surface area contributed by atoms with Gasteiger partial charge in [0.1, 0.15) is 10.7 Å².